The summed E-state index contributed by atoms with van der Waals surface area (Å²) >= 11 is 0. The van der Waals surface area contributed by atoms with Crippen molar-refractivity contribution in [3.05, 3.63) is 47.7 Å². The Morgan fingerprint density at radius 3 is 2.50 bits per heavy atom. The Labute approximate surface area is 182 Å². The molecule has 3 aromatic rings. The number of oxazole rings is 1. The molecule has 2 heterocycles. The monoisotopic (exact) mass is 452 g/mol. The first-order valence-corrected chi connectivity index (χ1v) is 9.58. The van der Waals surface area contributed by atoms with Crippen LogP contribution in [-0.4, -0.2) is 40.0 Å². The van der Waals surface area contributed by atoms with Crippen LogP contribution in [0.4, 0.5) is 24.8 Å². The van der Waals surface area contributed by atoms with Crippen LogP contribution >= 0.6 is 0 Å². The largest absolute Gasteiger partial charge is 0.496 e. The van der Waals surface area contributed by atoms with Crippen LogP contribution in [0.15, 0.2) is 34.9 Å². The summed E-state index contributed by atoms with van der Waals surface area (Å²) in [4.78, 5) is 12.6. The van der Waals surface area contributed by atoms with Crippen LogP contribution in [0.5, 0.6) is 5.75 Å². The van der Waals surface area contributed by atoms with Crippen LogP contribution in [0, 0.1) is 6.92 Å². The number of nitrogens with zero attached hydrogens (tertiary/aromatic N) is 3. The number of hydrogen-bond donors (Lipinski definition) is 2. The fraction of sp³-hybridized carbons (Fsp3) is 0.381. The number of aryl methyl sites for hydroxylation is 1. The number of ether oxygens (including phenoxy) is 2. The van der Waals surface area contributed by atoms with Crippen molar-refractivity contribution in [2.75, 3.05) is 19.0 Å². The van der Waals surface area contributed by atoms with Crippen LogP contribution in [0.1, 0.15) is 31.1 Å². The van der Waals surface area contributed by atoms with E-state index in [0.29, 0.717) is 28.7 Å². The molecule has 11 heteroatoms. The van der Waals surface area contributed by atoms with E-state index >= 15 is 0 Å². The molecule has 172 valence electrons. The second kappa shape index (κ2) is 9.13. The van der Waals surface area contributed by atoms with Crippen LogP contribution in [0.3, 0.4) is 0 Å². The summed E-state index contributed by atoms with van der Waals surface area (Å²) in [6.07, 6.45) is -2.86. The molecule has 0 amide bonds. The minimum Gasteiger partial charge on any atom is -0.496 e. The Morgan fingerprint density at radius 2 is 1.91 bits per heavy atom. The van der Waals surface area contributed by atoms with Crippen molar-refractivity contribution in [3.8, 4) is 17.1 Å². The molecular weight excluding hydrogens is 429 g/mol. The lowest BCUT2D eigenvalue weighted by molar-refractivity contribution is -0.176. The zero-order valence-electron chi connectivity index (χ0n) is 17.9. The number of aliphatic hydroxyl groups is 1. The first-order valence-electron chi connectivity index (χ1n) is 9.58. The third kappa shape index (κ3) is 6.17. The minimum absolute atomic E-state index is 0.0838. The van der Waals surface area contributed by atoms with E-state index in [1.807, 2.05) is 0 Å². The summed E-state index contributed by atoms with van der Waals surface area (Å²) in [5, 5.41) is 13.3. The molecule has 32 heavy (non-hydrogen) atoms. The summed E-state index contributed by atoms with van der Waals surface area (Å²) < 4.78 is 52.8. The number of methoxy groups -OCH3 is 1. The van der Waals surface area contributed by atoms with Crippen LogP contribution in [0.2, 0.25) is 0 Å². The molecular formula is C21H23F3N4O4. The van der Waals surface area contributed by atoms with Crippen LogP contribution in [0.25, 0.3) is 11.3 Å². The van der Waals surface area contributed by atoms with E-state index in [2.05, 4.69) is 20.3 Å². The number of aromatic nitrogens is 3. The van der Waals surface area contributed by atoms with E-state index in [-0.39, 0.29) is 17.3 Å². The van der Waals surface area contributed by atoms with Gasteiger partial charge in [-0.1, -0.05) is 0 Å². The lowest BCUT2D eigenvalue weighted by atomic mass is 10.0. The molecule has 0 aliphatic heterocycles. The number of benzene rings is 1. The van der Waals surface area contributed by atoms with Gasteiger partial charge in [-0.25, -0.2) is 15.0 Å². The maximum absolute atomic E-state index is 12.4. The molecule has 2 N–H and O–H groups in total. The molecule has 0 fully saturated rings. The van der Waals surface area contributed by atoms with E-state index in [0.717, 1.165) is 0 Å². The van der Waals surface area contributed by atoms with Gasteiger partial charge >= 0.3 is 6.18 Å². The van der Waals surface area contributed by atoms with Gasteiger partial charge < -0.3 is 24.3 Å². The van der Waals surface area contributed by atoms with Gasteiger partial charge in [-0.2, -0.15) is 13.2 Å². The zero-order valence-corrected chi connectivity index (χ0v) is 17.9. The highest BCUT2D eigenvalue weighted by Gasteiger charge is 2.28. The van der Waals surface area contributed by atoms with E-state index in [1.165, 1.54) is 27.0 Å². The average Bonchev–Trinajstić information content (AvgIpc) is 3.12. The molecule has 0 saturated heterocycles. The van der Waals surface area contributed by atoms with E-state index in [4.69, 9.17) is 13.9 Å². The lowest BCUT2D eigenvalue weighted by Gasteiger charge is -2.19. The lowest BCUT2D eigenvalue weighted by Crippen LogP contribution is -2.20. The molecule has 0 spiro atoms. The maximum atomic E-state index is 12.4. The Hall–Kier alpha value is -3.18. The van der Waals surface area contributed by atoms with Crippen molar-refractivity contribution >= 4 is 11.6 Å². The molecule has 1 aromatic carbocycles. The van der Waals surface area contributed by atoms with Crippen molar-refractivity contribution in [2.45, 2.75) is 39.2 Å². The number of hydrogen-bond acceptors (Lipinski definition) is 8. The standard InChI is InChI=1S/C21H23F3N4O4/c1-12-25-9-17(32-12)15-6-5-13(7-16(15)30-4)26-19-27-14(10-31-11-21(22,23)24)8-18(28-19)20(2,3)29/h5-9,29H,10-11H2,1-4H3,(H,26,27,28). The first-order chi connectivity index (χ1) is 14.9. The highest BCUT2D eigenvalue weighted by Crippen LogP contribution is 2.33. The van der Waals surface area contributed by atoms with Gasteiger partial charge in [-0.3, -0.25) is 0 Å². The predicted molar refractivity (Wildman–Crippen MR) is 109 cm³/mol. The van der Waals surface area contributed by atoms with Gasteiger partial charge in [0.25, 0.3) is 0 Å². The second-order valence-electron chi connectivity index (χ2n) is 7.52. The molecule has 0 unspecified atom stereocenters. The molecule has 3 rings (SSSR count). The van der Waals surface area contributed by atoms with Gasteiger partial charge in [0.15, 0.2) is 11.7 Å². The van der Waals surface area contributed by atoms with Crippen molar-refractivity contribution in [3.63, 3.8) is 0 Å². The third-order valence-corrected chi connectivity index (χ3v) is 4.27. The third-order valence-electron chi connectivity index (χ3n) is 4.27. The minimum atomic E-state index is -4.45. The normalized spacial score (nSPS) is 12.1. The molecule has 0 bridgehead atoms. The number of halogens is 3. The fourth-order valence-corrected chi connectivity index (χ4v) is 2.80. The molecule has 2 aromatic heterocycles. The van der Waals surface area contributed by atoms with Gasteiger partial charge in [-0.05, 0) is 32.0 Å². The quantitative estimate of drug-likeness (QED) is 0.515. The molecule has 0 aliphatic carbocycles. The molecule has 8 nitrogen and oxygen atoms in total. The van der Waals surface area contributed by atoms with Gasteiger partial charge in [0, 0.05) is 18.7 Å². The smallest absolute Gasteiger partial charge is 0.411 e. The maximum Gasteiger partial charge on any atom is 0.411 e. The molecule has 0 aliphatic rings. The number of nitrogens with one attached hydrogen (secondary N) is 1. The Balaban J connectivity index is 1.87. The van der Waals surface area contributed by atoms with Crippen molar-refractivity contribution < 1.29 is 32.2 Å². The second-order valence-corrected chi connectivity index (χ2v) is 7.52. The van der Waals surface area contributed by atoms with E-state index < -0.39 is 25.0 Å². The highest BCUT2D eigenvalue weighted by molar-refractivity contribution is 5.70. The van der Waals surface area contributed by atoms with Crippen LogP contribution in [-0.2, 0) is 16.9 Å². The topological polar surface area (TPSA) is 103 Å². The van der Waals surface area contributed by atoms with Gasteiger partial charge in [-0.15, -0.1) is 0 Å². The molecule has 0 radical (unpaired) electrons. The van der Waals surface area contributed by atoms with Crippen LogP contribution < -0.4 is 10.1 Å². The Bertz CT molecular complexity index is 1080. The SMILES string of the molecule is COc1cc(Nc2nc(COCC(F)(F)F)cc(C(C)(C)O)n2)ccc1-c1cnc(C)o1. The molecule has 0 atom stereocenters. The highest BCUT2D eigenvalue weighted by atomic mass is 19.4. The van der Waals surface area contributed by atoms with Crippen molar-refractivity contribution in [1.29, 1.82) is 0 Å². The predicted octanol–water partition coefficient (Wildman–Crippen LogP) is 4.50. The van der Waals surface area contributed by atoms with Gasteiger partial charge in [0.2, 0.25) is 5.95 Å². The average molecular weight is 452 g/mol. The first kappa shape index (κ1) is 23.5. The fourth-order valence-electron chi connectivity index (χ4n) is 2.80. The summed E-state index contributed by atoms with van der Waals surface area (Å²) in [5.41, 5.74) is 0.304. The Kier molecular flexibility index (Phi) is 6.70. The molecule has 0 saturated carbocycles. The summed E-state index contributed by atoms with van der Waals surface area (Å²) in [6.45, 7) is 2.95. The number of rotatable bonds is 8. The van der Waals surface area contributed by atoms with Gasteiger partial charge in [0.05, 0.1) is 36.9 Å². The van der Waals surface area contributed by atoms with E-state index in [9.17, 15) is 18.3 Å². The van der Waals surface area contributed by atoms with Crippen molar-refractivity contribution in [1.82, 2.24) is 15.0 Å². The summed E-state index contributed by atoms with van der Waals surface area (Å²) in [6, 6.07) is 6.58. The van der Waals surface area contributed by atoms with Gasteiger partial charge in [0.1, 0.15) is 18.0 Å². The van der Waals surface area contributed by atoms with E-state index in [1.54, 1.807) is 31.3 Å². The number of anilines is 2. The summed E-state index contributed by atoms with van der Waals surface area (Å²) in [7, 11) is 1.51. The summed E-state index contributed by atoms with van der Waals surface area (Å²) in [5.74, 6) is 1.63. The number of alkyl halides is 3. The Morgan fingerprint density at radius 1 is 1.16 bits per heavy atom. The van der Waals surface area contributed by atoms with Crippen molar-refractivity contribution in [2.24, 2.45) is 0 Å². The zero-order chi connectivity index (χ0) is 23.5.